The number of fused-ring (bicyclic) bond motifs is 1. The van der Waals surface area contributed by atoms with E-state index in [1.54, 1.807) is 55.8 Å². The van der Waals surface area contributed by atoms with Crippen LogP contribution in [0.4, 0.5) is 5.69 Å². The molecular formula is C25H22N2O3. The third-order valence-corrected chi connectivity index (χ3v) is 5.00. The van der Waals surface area contributed by atoms with Crippen LogP contribution in [0.15, 0.2) is 77.7 Å². The van der Waals surface area contributed by atoms with Gasteiger partial charge in [-0.1, -0.05) is 24.3 Å². The highest BCUT2D eigenvalue weighted by molar-refractivity contribution is 6.12. The third-order valence-electron chi connectivity index (χ3n) is 5.00. The maximum atomic E-state index is 13.2. The molecule has 0 saturated carbocycles. The van der Waals surface area contributed by atoms with Gasteiger partial charge >= 0.3 is 0 Å². The molecule has 30 heavy (non-hydrogen) atoms. The normalized spacial score (nSPS) is 10.8. The number of amides is 1. The number of nitrogens with zero attached hydrogens (tertiary/aromatic N) is 1. The molecule has 1 heterocycles. The Morgan fingerprint density at radius 3 is 2.17 bits per heavy atom. The predicted molar refractivity (Wildman–Crippen MR) is 120 cm³/mol. The van der Waals surface area contributed by atoms with Gasteiger partial charge in [0.05, 0.1) is 12.7 Å². The molecule has 0 aliphatic carbocycles. The van der Waals surface area contributed by atoms with E-state index in [2.05, 4.69) is 11.4 Å². The zero-order chi connectivity index (χ0) is 21.3. The zero-order valence-electron chi connectivity index (χ0n) is 17.1. The first-order chi connectivity index (χ1) is 14.5. The Balaban J connectivity index is 1.85. The highest BCUT2D eigenvalue weighted by Gasteiger charge is 2.16. The topological polar surface area (TPSA) is 60.3 Å². The Labute approximate surface area is 174 Å². The van der Waals surface area contributed by atoms with Gasteiger partial charge in [-0.2, -0.15) is 0 Å². The number of nitrogens with one attached hydrogen (secondary N) is 1. The molecule has 0 bridgehead atoms. The molecule has 4 aromatic rings. The van der Waals surface area contributed by atoms with E-state index >= 15 is 0 Å². The molecule has 150 valence electrons. The summed E-state index contributed by atoms with van der Waals surface area (Å²) in [5.74, 6) is 0.429. The van der Waals surface area contributed by atoms with Crippen molar-refractivity contribution in [1.82, 2.24) is 4.57 Å². The minimum atomic E-state index is -0.265. The molecule has 0 saturated heterocycles. The molecule has 4 rings (SSSR count). The SMILES string of the molecule is COc1ccc(-n2cc(C(=O)Nc3cc(C)cc(C)c3)c3ccccc3c2=O)cc1. The molecule has 3 aromatic carbocycles. The number of carbonyl (C=O) groups is 1. The van der Waals surface area contributed by atoms with Crippen LogP contribution in [0.3, 0.4) is 0 Å². The van der Waals surface area contributed by atoms with Crippen molar-refractivity contribution in [3.8, 4) is 11.4 Å². The molecule has 0 spiro atoms. The lowest BCUT2D eigenvalue weighted by atomic mass is 10.1. The van der Waals surface area contributed by atoms with Crippen molar-refractivity contribution in [3.05, 3.63) is 100.0 Å². The average Bonchev–Trinajstić information content (AvgIpc) is 2.73. The van der Waals surface area contributed by atoms with Crippen molar-refractivity contribution in [1.29, 1.82) is 0 Å². The fourth-order valence-electron chi connectivity index (χ4n) is 3.65. The lowest BCUT2D eigenvalue weighted by Gasteiger charge is -2.13. The Morgan fingerprint density at radius 1 is 0.900 bits per heavy atom. The molecule has 0 fully saturated rings. The van der Waals surface area contributed by atoms with Gasteiger partial charge in [-0.15, -0.1) is 0 Å². The highest BCUT2D eigenvalue weighted by Crippen LogP contribution is 2.21. The first-order valence-electron chi connectivity index (χ1n) is 9.65. The van der Waals surface area contributed by atoms with E-state index in [-0.39, 0.29) is 11.5 Å². The van der Waals surface area contributed by atoms with Gasteiger partial charge in [-0.05, 0) is 67.4 Å². The maximum Gasteiger partial charge on any atom is 0.262 e. The molecule has 5 nitrogen and oxygen atoms in total. The van der Waals surface area contributed by atoms with Crippen LogP contribution in [0.5, 0.6) is 5.75 Å². The molecular weight excluding hydrogens is 376 g/mol. The van der Waals surface area contributed by atoms with E-state index in [1.807, 2.05) is 32.0 Å². The van der Waals surface area contributed by atoms with Crippen LogP contribution in [0, 0.1) is 13.8 Å². The molecule has 0 aliphatic heterocycles. The number of pyridine rings is 1. The van der Waals surface area contributed by atoms with Gasteiger partial charge in [0.2, 0.25) is 0 Å². The fourth-order valence-corrected chi connectivity index (χ4v) is 3.65. The van der Waals surface area contributed by atoms with Crippen molar-refractivity contribution in [2.75, 3.05) is 12.4 Å². The quantitative estimate of drug-likeness (QED) is 0.534. The molecule has 0 aliphatic rings. The standard InChI is InChI=1S/C25H22N2O3/c1-16-12-17(2)14-18(13-16)26-24(28)23-15-27(19-8-10-20(30-3)11-9-19)25(29)22-7-5-4-6-21(22)23/h4-15H,1-3H3,(H,26,28). The van der Waals surface area contributed by atoms with Crippen molar-refractivity contribution in [2.24, 2.45) is 0 Å². The number of methoxy groups -OCH3 is 1. The number of carbonyl (C=O) groups excluding carboxylic acids is 1. The fraction of sp³-hybridized carbons (Fsp3) is 0.120. The van der Waals surface area contributed by atoms with Crippen LogP contribution in [-0.4, -0.2) is 17.6 Å². The smallest absolute Gasteiger partial charge is 0.262 e. The third kappa shape index (κ3) is 3.70. The molecule has 5 heteroatoms. The summed E-state index contributed by atoms with van der Waals surface area (Å²) >= 11 is 0. The Morgan fingerprint density at radius 2 is 1.53 bits per heavy atom. The Bertz CT molecular complexity index is 1280. The van der Waals surface area contributed by atoms with Crippen molar-refractivity contribution < 1.29 is 9.53 Å². The highest BCUT2D eigenvalue weighted by atomic mass is 16.5. The first kappa shape index (κ1) is 19.5. The Hall–Kier alpha value is -3.86. The monoisotopic (exact) mass is 398 g/mol. The van der Waals surface area contributed by atoms with Crippen molar-refractivity contribution in [2.45, 2.75) is 13.8 Å². The van der Waals surface area contributed by atoms with E-state index < -0.39 is 0 Å². The second-order valence-electron chi connectivity index (χ2n) is 7.29. The number of aromatic nitrogens is 1. The van der Waals surface area contributed by atoms with E-state index in [0.29, 0.717) is 27.8 Å². The summed E-state index contributed by atoms with van der Waals surface area (Å²) in [4.78, 5) is 26.3. The number of ether oxygens (including phenoxy) is 1. The summed E-state index contributed by atoms with van der Waals surface area (Å²) in [7, 11) is 1.59. The summed E-state index contributed by atoms with van der Waals surface area (Å²) in [5.41, 5.74) is 3.77. The summed E-state index contributed by atoms with van der Waals surface area (Å²) in [6.07, 6.45) is 1.60. The van der Waals surface area contributed by atoms with Crippen molar-refractivity contribution >= 4 is 22.4 Å². The van der Waals surface area contributed by atoms with Crippen LogP contribution < -0.4 is 15.6 Å². The van der Waals surface area contributed by atoms with E-state index in [0.717, 1.165) is 16.8 Å². The molecule has 0 radical (unpaired) electrons. The van der Waals surface area contributed by atoms with Gasteiger partial charge < -0.3 is 10.1 Å². The summed E-state index contributed by atoms with van der Waals surface area (Å²) < 4.78 is 6.70. The predicted octanol–water partition coefficient (Wildman–Crippen LogP) is 4.87. The number of anilines is 1. The number of hydrogen-bond donors (Lipinski definition) is 1. The lowest BCUT2D eigenvalue weighted by molar-refractivity contribution is 0.102. The molecule has 1 amide bonds. The lowest BCUT2D eigenvalue weighted by Crippen LogP contribution is -2.22. The molecule has 0 atom stereocenters. The molecule has 1 N–H and O–H groups in total. The molecule has 0 unspecified atom stereocenters. The van der Waals surface area contributed by atoms with Gasteiger partial charge in [0.25, 0.3) is 11.5 Å². The number of aryl methyl sites for hydroxylation is 2. The van der Waals surface area contributed by atoms with Crippen LogP contribution in [0.2, 0.25) is 0 Å². The van der Waals surface area contributed by atoms with Gasteiger partial charge in [-0.25, -0.2) is 0 Å². The largest absolute Gasteiger partial charge is 0.497 e. The number of hydrogen-bond acceptors (Lipinski definition) is 3. The second-order valence-corrected chi connectivity index (χ2v) is 7.29. The minimum Gasteiger partial charge on any atom is -0.497 e. The average molecular weight is 398 g/mol. The van der Waals surface area contributed by atoms with Gasteiger partial charge in [0, 0.05) is 28.3 Å². The van der Waals surface area contributed by atoms with Crippen LogP contribution >= 0.6 is 0 Å². The number of rotatable bonds is 4. The van der Waals surface area contributed by atoms with Crippen LogP contribution in [-0.2, 0) is 0 Å². The van der Waals surface area contributed by atoms with Crippen molar-refractivity contribution in [3.63, 3.8) is 0 Å². The summed E-state index contributed by atoms with van der Waals surface area (Å²) in [6, 6.07) is 20.2. The molecule has 1 aromatic heterocycles. The van der Waals surface area contributed by atoms with Crippen LogP contribution in [0.25, 0.3) is 16.5 Å². The van der Waals surface area contributed by atoms with E-state index in [4.69, 9.17) is 4.74 Å². The minimum absolute atomic E-state index is 0.182. The summed E-state index contributed by atoms with van der Waals surface area (Å²) in [6.45, 7) is 3.98. The maximum absolute atomic E-state index is 13.2. The second kappa shape index (κ2) is 7.87. The van der Waals surface area contributed by atoms with Crippen LogP contribution in [0.1, 0.15) is 21.5 Å². The number of benzene rings is 3. The Kier molecular flexibility index (Phi) is 5.11. The zero-order valence-corrected chi connectivity index (χ0v) is 17.1. The van der Waals surface area contributed by atoms with E-state index in [1.165, 1.54) is 4.57 Å². The van der Waals surface area contributed by atoms with E-state index in [9.17, 15) is 9.59 Å². The first-order valence-corrected chi connectivity index (χ1v) is 9.65. The van der Waals surface area contributed by atoms with Gasteiger partial charge in [-0.3, -0.25) is 14.2 Å². The summed E-state index contributed by atoms with van der Waals surface area (Å²) in [5, 5.41) is 4.08. The van der Waals surface area contributed by atoms with Gasteiger partial charge in [0.15, 0.2) is 0 Å². The van der Waals surface area contributed by atoms with Gasteiger partial charge in [0.1, 0.15) is 5.75 Å².